The van der Waals surface area contributed by atoms with Crippen LogP contribution in [0.15, 0.2) is 95.8 Å². The Morgan fingerprint density at radius 3 is 2.45 bits per heavy atom. The van der Waals surface area contributed by atoms with Crippen LogP contribution >= 0.6 is 0 Å². The molecule has 0 amide bonds. The second-order valence-electron chi connectivity index (χ2n) is 6.56. The van der Waals surface area contributed by atoms with Crippen molar-refractivity contribution >= 4 is 5.97 Å². The molecule has 0 aliphatic rings. The van der Waals surface area contributed by atoms with E-state index in [0.717, 1.165) is 16.7 Å². The van der Waals surface area contributed by atoms with E-state index in [1.807, 2.05) is 42.5 Å². The first-order valence-corrected chi connectivity index (χ1v) is 9.53. The maximum atomic E-state index is 11.1. The van der Waals surface area contributed by atoms with Crippen molar-refractivity contribution in [1.82, 2.24) is 0 Å². The number of rotatable bonds is 6. The van der Waals surface area contributed by atoms with Gasteiger partial charge in [0.1, 0.15) is 12.4 Å². The Balaban J connectivity index is 1.40. The average Bonchev–Trinajstić information content (AvgIpc) is 3.33. The molecule has 1 heterocycles. The normalized spacial score (nSPS) is 10.1. The molecule has 0 saturated heterocycles. The van der Waals surface area contributed by atoms with E-state index < -0.39 is 5.97 Å². The van der Waals surface area contributed by atoms with Gasteiger partial charge in [0.15, 0.2) is 11.5 Å². The van der Waals surface area contributed by atoms with Crippen molar-refractivity contribution in [3.05, 3.63) is 103 Å². The zero-order chi connectivity index (χ0) is 21.5. The van der Waals surface area contributed by atoms with Crippen LogP contribution in [0.4, 0.5) is 0 Å². The summed E-state index contributed by atoms with van der Waals surface area (Å²) in [6, 6.07) is 23.3. The highest BCUT2D eigenvalue weighted by atomic mass is 16.5. The molecule has 5 heteroatoms. The third kappa shape index (κ3) is 5.14. The van der Waals surface area contributed by atoms with Gasteiger partial charge in [-0.1, -0.05) is 42.2 Å². The van der Waals surface area contributed by atoms with Crippen molar-refractivity contribution in [3.8, 4) is 40.2 Å². The summed E-state index contributed by atoms with van der Waals surface area (Å²) in [5.41, 5.74) is 3.12. The molecular weight excluding hydrogens is 392 g/mol. The van der Waals surface area contributed by atoms with Crippen LogP contribution in [0.1, 0.15) is 15.9 Å². The zero-order valence-electron chi connectivity index (χ0n) is 16.4. The zero-order valence-corrected chi connectivity index (χ0v) is 16.4. The highest BCUT2D eigenvalue weighted by molar-refractivity contribution is 5.88. The lowest BCUT2D eigenvalue weighted by Crippen LogP contribution is -1.98. The molecule has 0 fully saturated rings. The van der Waals surface area contributed by atoms with E-state index in [1.165, 1.54) is 12.1 Å². The first-order valence-electron chi connectivity index (χ1n) is 9.53. The van der Waals surface area contributed by atoms with Gasteiger partial charge in [0.05, 0.1) is 18.1 Å². The van der Waals surface area contributed by atoms with E-state index in [-0.39, 0.29) is 12.2 Å². The van der Waals surface area contributed by atoms with Gasteiger partial charge in [-0.15, -0.1) is 0 Å². The molecule has 152 valence electrons. The van der Waals surface area contributed by atoms with Crippen molar-refractivity contribution in [2.45, 2.75) is 0 Å². The van der Waals surface area contributed by atoms with Gasteiger partial charge in [-0.2, -0.15) is 0 Å². The lowest BCUT2D eigenvalue weighted by atomic mass is 10.1. The van der Waals surface area contributed by atoms with Crippen LogP contribution in [0.5, 0.6) is 17.2 Å². The standard InChI is InChI=1S/C26H18O5/c27-26(28)21-6-3-7-23(17-21)31-25-9-2-1-8-24(25)30-15-4-5-19-10-12-20(13-11-19)22-14-16-29-18-22/h1-3,6-14,16-18H,15H2,(H,27,28). The van der Waals surface area contributed by atoms with Gasteiger partial charge in [0, 0.05) is 11.1 Å². The fraction of sp³-hybridized carbons (Fsp3) is 0.0385. The van der Waals surface area contributed by atoms with E-state index in [1.54, 1.807) is 36.8 Å². The van der Waals surface area contributed by atoms with Crippen LogP contribution in [-0.4, -0.2) is 17.7 Å². The Hall–Kier alpha value is -4.43. The molecule has 3 aromatic carbocycles. The van der Waals surface area contributed by atoms with E-state index >= 15 is 0 Å². The molecular formula is C26H18O5. The minimum Gasteiger partial charge on any atom is -0.478 e. The summed E-state index contributed by atoms with van der Waals surface area (Å²) in [4.78, 5) is 11.1. The largest absolute Gasteiger partial charge is 0.478 e. The molecule has 31 heavy (non-hydrogen) atoms. The first-order chi connectivity index (χ1) is 15.2. The third-order valence-electron chi connectivity index (χ3n) is 4.43. The summed E-state index contributed by atoms with van der Waals surface area (Å²) < 4.78 is 16.7. The topological polar surface area (TPSA) is 68.9 Å². The first kappa shape index (κ1) is 19.9. The molecule has 0 saturated carbocycles. The molecule has 4 aromatic rings. The maximum Gasteiger partial charge on any atom is 0.335 e. The van der Waals surface area contributed by atoms with Gasteiger partial charge in [-0.05, 0) is 54.1 Å². The smallest absolute Gasteiger partial charge is 0.335 e. The van der Waals surface area contributed by atoms with Crippen molar-refractivity contribution in [2.75, 3.05) is 6.61 Å². The third-order valence-corrected chi connectivity index (χ3v) is 4.43. The second-order valence-corrected chi connectivity index (χ2v) is 6.56. The average molecular weight is 410 g/mol. The molecule has 0 radical (unpaired) electrons. The molecule has 1 aromatic heterocycles. The number of para-hydroxylation sites is 2. The SMILES string of the molecule is O=C(O)c1cccc(Oc2ccccc2OCC#Cc2ccc(-c3ccoc3)cc2)c1. The van der Waals surface area contributed by atoms with Crippen molar-refractivity contribution in [3.63, 3.8) is 0 Å². The maximum absolute atomic E-state index is 11.1. The van der Waals surface area contributed by atoms with E-state index in [9.17, 15) is 4.79 Å². The van der Waals surface area contributed by atoms with Crippen molar-refractivity contribution in [2.24, 2.45) is 0 Å². The summed E-state index contributed by atoms with van der Waals surface area (Å²) in [7, 11) is 0. The molecule has 0 unspecified atom stereocenters. The Bertz CT molecular complexity index is 1230. The summed E-state index contributed by atoms with van der Waals surface area (Å²) in [6.45, 7) is 0.180. The quantitative estimate of drug-likeness (QED) is 0.403. The summed E-state index contributed by atoms with van der Waals surface area (Å²) in [6.07, 6.45) is 3.34. The Morgan fingerprint density at radius 2 is 1.71 bits per heavy atom. The number of benzene rings is 3. The van der Waals surface area contributed by atoms with Crippen molar-refractivity contribution in [1.29, 1.82) is 0 Å². The fourth-order valence-corrected chi connectivity index (χ4v) is 2.90. The summed E-state index contributed by atoms with van der Waals surface area (Å²) in [5, 5.41) is 9.13. The fourth-order valence-electron chi connectivity index (χ4n) is 2.90. The Labute approximate surface area is 179 Å². The molecule has 1 N–H and O–H groups in total. The van der Waals surface area contributed by atoms with Crippen LogP contribution < -0.4 is 9.47 Å². The minimum atomic E-state index is -1.01. The Kier molecular flexibility index (Phi) is 6.01. The molecule has 0 aliphatic heterocycles. The number of ether oxygens (including phenoxy) is 2. The van der Waals surface area contributed by atoms with Crippen LogP contribution in [0.25, 0.3) is 11.1 Å². The monoisotopic (exact) mass is 410 g/mol. The lowest BCUT2D eigenvalue weighted by molar-refractivity contribution is 0.0696. The Morgan fingerprint density at radius 1 is 0.903 bits per heavy atom. The van der Waals surface area contributed by atoms with Gasteiger partial charge >= 0.3 is 5.97 Å². The second kappa shape index (κ2) is 9.38. The van der Waals surface area contributed by atoms with Gasteiger partial charge in [0.25, 0.3) is 0 Å². The van der Waals surface area contributed by atoms with Crippen molar-refractivity contribution < 1.29 is 23.8 Å². The van der Waals surface area contributed by atoms with E-state index in [2.05, 4.69) is 11.8 Å². The molecule has 0 bridgehead atoms. The highest BCUT2D eigenvalue weighted by Crippen LogP contribution is 2.31. The number of carboxylic acid groups (broad SMARTS) is 1. The van der Waals surface area contributed by atoms with Crippen LogP contribution in [0, 0.1) is 11.8 Å². The number of carbonyl (C=O) groups is 1. The van der Waals surface area contributed by atoms with Gasteiger partial charge in [-0.25, -0.2) is 4.79 Å². The molecule has 0 spiro atoms. The predicted octanol–water partition coefficient (Wildman–Crippen LogP) is 5.87. The number of carboxylic acids is 1. The predicted molar refractivity (Wildman–Crippen MR) is 116 cm³/mol. The highest BCUT2D eigenvalue weighted by Gasteiger charge is 2.08. The van der Waals surface area contributed by atoms with E-state index in [0.29, 0.717) is 17.2 Å². The molecule has 0 aliphatic carbocycles. The molecule has 5 nitrogen and oxygen atoms in total. The number of aromatic carboxylic acids is 1. The molecule has 0 atom stereocenters. The van der Waals surface area contributed by atoms with Crippen LogP contribution in [-0.2, 0) is 0 Å². The van der Waals surface area contributed by atoms with Gasteiger partial charge < -0.3 is 19.0 Å². The number of hydrogen-bond donors (Lipinski definition) is 1. The van der Waals surface area contributed by atoms with Crippen LogP contribution in [0.3, 0.4) is 0 Å². The molecule has 4 rings (SSSR count). The summed E-state index contributed by atoms with van der Waals surface area (Å²) in [5.74, 6) is 6.48. The van der Waals surface area contributed by atoms with Crippen LogP contribution in [0.2, 0.25) is 0 Å². The number of hydrogen-bond acceptors (Lipinski definition) is 4. The summed E-state index contributed by atoms with van der Waals surface area (Å²) >= 11 is 0. The van der Waals surface area contributed by atoms with Gasteiger partial charge in [-0.3, -0.25) is 0 Å². The van der Waals surface area contributed by atoms with E-state index in [4.69, 9.17) is 19.0 Å². The minimum absolute atomic E-state index is 0.153. The number of furan rings is 1. The van der Waals surface area contributed by atoms with Gasteiger partial charge in [0.2, 0.25) is 0 Å². The lowest BCUT2D eigenvalue weighted by Gasteiger charge is -2.11.